The number of nitrogens with zero attached hydrogens (tertiary/aromatic N) is 2. The predicted octanol–water partition coefficient (Wildman–Crippen LogP) is 0.811. The fourth-order valence-electron chi connectivity index (χ4n) is 3.53. The minimum atomic E-state index is -0.879. The first-order valence-corrected chi connectivity index (χ1v) is 10.6. The van der Waals surface area contributed by atoms with E-state index >= 15 is 0 Å². The van der Waals surface area contributed by atoms with Crippen LogP contribution >= 0.6 is 0 Å². The van der Waals surface area contributed by atoms with Crippen molar-refractivity contribution in [2.45, 2.75) is 31.3 Å². The highest BCUT2D eigenvalue weighted by Crippen LogP contribution is 2.26. The highest BCUT2D eigenvalue weighted by atomic mass is 16.5. The molecule has 1 amide bonds. The van der Waals surface area contributed by atoms with Crippen LogP contribution in [0.15, 0.2) is 53.7 Å². The van der Waals surface area contributed by atoms with E-state index in [1.54, 1.807) is 6.20 Å². The van der Waals surface area contributed by atoms with E-state index in [1.807, 2.05) is 42.5 Å². The summed E-state index contributed by atoms with van der Waals surface area (Å²) in [5, 5.41) is 4.84. The number of aromatic nitrogens is 2. The fraction of sp³-hybridized carbons (Fsp3) is 0.304. The average molecular weight is 452 g/mol. The van der Waals surface area contributed by atoms with Gasteiger partial charge in [0, 0.05) is 30.4 Å². The van der Waals surface area contributed by atoms with Crippen LogP contribution in [0.4, 0.5) is 0 Å². The van der Waals surface area contributed by atoms with E-state index < -0.39 is 24.0 Å². The van der Waals surface area contributed by atoms with Crippen LogP contribution in [-0.2, 0) is 20.7 Å². The van der Waals surface area contributed by atoms with Crippen molar-refractivity contribution in [2.75, 3.05) is 13.7 Å². The van der Waals surface area contributed by atoms with Gasteiger partial charge in [-0.1, -0.05) is 42.5 Å². The second-order valence-corrected chi connectivity index (χ2v) is 7.63. The molecule has 0 bridgehead atoms. The monoisotopic (exact) mass is 451 g/mol. The number of hydrogen-bond donors (Lipinski definition) is 5. The molecule has 0 fully saturated rings. The molecule has 0 spiro atoms. The number of nitrogens with two attached hydrogens (primary N) is 3. The minimum absolute atomic E-state index is 0.0295. The van der Waals surface area contributed by atoms with Gasteiger partial charge in [0.15, 0.2) is 5.96 Å². The number of esters is 1. The van der Waals surface area contributed by atoms with Gasteiger partial charge in [-0.15, -0.1) is 0 Å². The molecule has 0 aliphatic carbocycles. The standard InChI is InChI=1S/C23H29N7O3/c1-33-22(32)19(10-5-11-27-23(25)26)30-21(31)18(24)12-15-13-28-20(29-15)17-9-4-7-14-6-2-3-8-16(14)17/h2-4,6-9,13,18-19H,5,10-12,24H2,1H3,(H,28,29)(H,30,31)(H4,25,26,27)/t18-,19-/m0/s1. The van der Waals surface area contributed by atoms with Crippen molar-refractivity contribution in [1.82, 2.24) is 15.3 Å². The number of benzene rings is 2. The Morgan fingerprint density at radius 2 is 1.94 bits per heavy atom. The minimum Gasteiger partial charge on any atom is -0.467 e. The second-order valence-electron chi connectivity index (χ2n) is 7.63. The number of ether oxygens (including phenoxy) is 1. The van der Waals surface area contributed by atoms with Crippen molar-refractivity contribution in [2.24, 2.45) is 22.2 Å². The molecule has 0 unspecified atom stereocenters. The molecule has 0 radical (unpaired) electrons. The van der Waals surface area contributed by atoms with Crippen molar-refractivity contribution in [3.63, 3.8) is 0 Å². The van der Waals surface area contributed by atoms with Gasteiger partial charge in [0.1, 0.15) is 11.9 Å². The number of aliphatic imine (C=N–C) groups is 1. The lowest BCUT2D eigenvalue weighted by Crippen LogP contribution is -2.49. The highest BCUT2D eigenvalue weighted by molar-refractivity contribution is 5.95. The van der Waals surface area contributed by atoms with E-state index in [-0.39, 0.29) is 12.4 Å². The number of nitrogens with one attached hydrogen (secondary N) is 2. The molecule has 33 heavy (non-hydrogen) atoms. The molecule has 0 saturated heterocycles. The van der Waals surface area contributed by atoms with Crippen molar-refractivity contribution < 1.29 is 14.3 Å². The molecular formula is C23H29N7O3. The number of rotatable bonds is 10. The Bertz CT molecular complexity index is 1130. The lowest BCUT2D eigenvalue weighted by molar-refractivity contribution is -0.145. The van der Waals surface area contributed by atoms with Crippen LogP contribution in [0.5, 0.6) is 0 Å². The molecule has 2 aromatic carbocycles. The maximum absolute atomic E-state index is 12.6. The van der Waals surface area contributed by atoms with E-state index in [4.69, 9.17) is 21.9 Å². The predicted molar refractivity (Wildman–Crippen MR) is 127 cm³/mol. The molecule has 0 aliphatic rings. The SMILES string of the molecule is COC(=O)[C@H](CCCN=C(N)N)NC(=O)[C@@H](N)Cc1cnc(-c2cccc3ccccc23)[nH]1. The summed E-state index contributed by atoms with van der Waals surface area (Å²) in [4.78, 5) is 36.3. The smallest absolute Gasteiger partial charge is 0.328 e. The Labute approximate surface area is 191 Å². The molecule has 3 rings (SSSR count). The summed E-state index contributed by atoms with van der Waals surface area (Å²) in [5.74, 6) is -0.353. The fourth-order valence-corrected chi connectivity index (χ4v) is 3.53. The van der Waals surface area contributed by atoms with Gasteiger partial charge in [-0.25, -0.2) is 9.78 Å². The van der Waals surface area contributed by atoms with Gasteiger partial charge in [0.25, 0.3) is 0 Å². The molecule has 2 atom stereocenters. The molecule has 8 N–H and O–H groups in total. The Kier molecular flexibility index (Phi) is 7.98. The van der Waals surface area contributed by atoms with Gasteiger partial charge < -0.3 is 32.2 Å². The topological polar surface area (TPSA) is 174 Å². The van der Waals surface area contributed by atoms with Gasteiger partial charge in [0.05, 0.1) is 13.2 Å². The number of hydrogen-bond acceptors (Lipinski definition) is 6. The number of H-pyrrole nitrogens is 1. The second kappa shape index (κ2) is 11.1. The van der Waals surface area contributed by atoms with E-state index in [2.05, 4.69) is 20.3 Å². The maximum Gasteiger partial charge on any atom is 0.328 e. The van der Waals surface area contributed by atoms with Crippen LogP contribution in [0.3, 0.4) is 0 Å². The summed E-state index contributed by atoms with van der Waals surface area (Å²) in [5.41, 5.74) is 18.4. The van der Waals surface area contributed by atoms with Gasteiger partial charge in [-0.3, -0.25) is 9.79 Å². The number of aromatic amines is 1. The number of imidazole rings is 1. The number of carbonyl (C=O) groups is 2. The molecule has 10 heteroatoms. The van der Waals surface area contributed by atoms with E-state index in [0.717, 1.165) is 16.3 Å². The number of carbonyl (C=O) groups excluding carboxylic acids is 2. The van der Waals surface area contributed by atoms with E-state index in [0.29, 0.717) is 30.9 Å². The van der Waals surface area contributed by atoms with Crippen LogP contribution in [0.1, 0.15) is 18.5 Å². The number of guanidine groups is 1. The summed E-state index contributed by atoms with van der Waals surface area (Å²) in [7, 11) is 1.26. The Morgan fingerprint density at radius 3 is 2.70 bits per heavy atom. The summed E-state index contributed by atoms with van der Waals surface area (Å²) < 4.78 is 4.78. The lowest BCUT2D eigenvalue weighted by Gasteiger charge is -2.18. The number of methoxy groups -OCH3 is 1. The molecule has 1 heterocycles. The summed E-state index contributed by atoms with van der Waals surface area (Å²) >= 11 is 0. The zero-order valence-corrected chi connectivity index (χ0v) is 18.5. The lowest BCUT2D eigenvalue weighted by atomic mass is 10.0. The average Bonchev–Trinajstić information content (AvgIpc) is 3.27. The van der Waals surface area contributed by atoms with Crippen LogP contribution in [0, 0.1) is 0 Å². The molecular weight excluding hydrogens is 422 g/mol. The first-order chi connectivity index (χ1) is 15.9. The zero-order chi connectivity index (χ0) is 23.8. The summed E-state index contributed by atoms with van der Waals surface area (Å²) in [6.45, 7) is 0.336. The Balaban J connectivity index is 1.63. The van der Waals surface area contributed by atoms with E-state index in [1.165, 1.54) is 7.11 Å². The molecule has 174 valence electrons. The van der Waals surface area contributed by atoms with Gasteiger partial charge >= 0.3 is 5.97 Å². The van der Waals surface area contributed by atoms with Gasteiger partial charge in [-0.05, 0) is 23.6 Å². The van der Waals surface area contributed by atoms with Crippen LogP contribution in [0.2, 0.25) is 0 Å². The first-order valence-electron chi connectivity index (χ1n) is 10.6. The third-order valence-corrected chi connectivity index (χ3v) is 5.20. The maximum atomic E-state index is 12.6. The number of amides is 1. The largest absolute Gasteiger partial charge is 0.467 e. The molecule has 10 nitrogen and oxygen atoms in total. The molecule has 0 saturated carbocycles. The van der Waals surface area contributed by atoms with Gasteiger partial charge in [-0.2, -0.15) is 0 Å². The molecule has 0 aliphatic heterocycles. The Hall–Kier alpha value is -3.92. The number of fused-ring (bicyclic) bond motifs is 1. The third-order valence-electron chi connectivity index (χ3n) is 5.20. The van der Waals surface area contributed by atoms with Crippen LogP contribution in [0.25, 0.3) is 22.2 Å². The van der Waals surface area contributed by atoms with Crippen molar-refractivity contribution in [1.29, 1.82) is 0 Å². The highest BCUT2D eigenvalue weighted by Gasteiger charge is 2.24. The van der Waals surface area contributed by atoms with Crippen molar-refractivity contribution in [3.8, 4) is 11.4 Å². The quantitative estimate of drug-likeness (QED) is 0.131. The van der Waals surface area contributed by atoms with Crippen molar-refractivity contribution in [3.05, 3.63) is 54.4 Å². The van der Waals surface area contributed by atoms with Crippen LogP contribution < -0.4 is 22.5 Å². The normalized spacial score (nSPS) is 12.7. The first kappa shape index (κ1) is 23.7. The molecule has 1 aromatic heterocycles. The van der Waals surface area contributed by atoms with E-state index in [9.17, 15) is 9.59 Å². The van der Waals surface area contributed by atoms with Gasteiger partial charge in [0.2, 0.25) is 5.91 Å². The third kappa shape index (κ3) is 6.30. The van der Waals surface area contributed by atoms with Crippen molar-refractivity contribution >= 4 is 28.6 Å². The molecule has 3 aromatic rings. The van der Waals surface area contributed by atoms with Crippen LogP contribution in [-0.4, -0.2) is 53.5 Å². The summed E-state index contributed by atoms with van der Waals surface area (Å²) in [6.07, 6.45) is 2.70. The summed E-state index contributed by atoms with van der Waals surface area (Å²) in [6, 6.07) is 12.3. The zero-order valence-electron chi connectivity index (χ0n) is 18.5. The Morgan fingerprint density at radius 1 is 1.18 bits per heavy atom.